The normalized spacial score (nSPS) is 18.1. The van der Waals surface area contributed by atoms with Crippen LogP contribution in [0.15, 0.2) is 12.2 Å². The molecule has 0 aliphatic carbocycles. The molecule has 5 heterocycles. The van der Waals surface area contributed by atoms with E-state index in [-0.39, 0.29) is 99.9 Å². The van der Waals surface area contributed by atoms with Crippen molar-refractivity contribution in [3.63, 3.8) is 0 Å². The molecular formula is C54H88N8O15S. The molecule has 0 bridgehead atoms. The van der Waals surface area contributed by atoms with E-state index in [9.17, 15) is 62.3 Å². The lowest BCUT2D eigenvalue weighted by atomic mass is 10.00. The SMILES string of the molecule is CC.CC(C)CCC(=O)CCCC[C@@H]1SC[C@@H]2NC(=O)N[C@@H]21.CC(C)CN(C)C(=O)CCC(=O)ON1C(=O)CCC1=O.CC(C)CN(C)C(=O)CCN1C(=O)C=CC1=O.CC(C)CNC(=O)CCC(=O)ON1C(=O)CCC1=O. The minimum absolute atomic E-state index is 0.00171. The molecule has 5 rings (SSSR count). The van der Waals surface area contributed by atoms with E-state index in [1.165, 1.54) is 12.2 Å². The van der Waals surface area contributed by atoms with Crippen LogP contribution in [0.5, 0.6) is 0 Å². The van der Waals surface area contributed by atoms with Gasteiger partial charge in [0.25, 0.3) is 35.4 Å². The molecule has 3 atom stereocenters. The minimum atomic E-state index is -0.761. The first-order valence-electron chi connectivity index (χ1n) is 27.3. The Morgan fingerprint density at radius 1 is 0.615 bits per heavy atom. The summed E-state index contributed by atoms with van der Waals surface area (Å²) in [6.45, 7) is 22.3. The maximum Gasteiger partial charge on any atom is 0.333 e. The molecule has 0 spiro atoms. The van der Waals surface area contributed by atoms with E-state index in [1.807, 2.05) is 67.2 Å². The fraction of sp³-hybridized carbons (Fsp3) is 0.722. The minimum Gasteiger partial charge on any atom is -0.356 e. The summed E-state index contributed by atoms with van der Waals surface area (Å²) >= 11 is 1.95. The highest BCUT2D eigenvalue weighted by Gasteiger charge is 2.42. The molecule has 0 aromatic rings. The Morgan fingerprint density at radius 2 is 1.09 bits per heavy atom. The molecule has 5 aliphatic rings. The van der Waals surface area contributed by atoms with Crippen molar-refractivity contribution in [3.05, 3.63) is 12.2 Å². The molecule has 4 fully saturated rings. The molecule has 23 nitrogen and oxygen atoms in total. The maximum absolute atomic E-state index is 11.7. The number of thioether (sulfide) groups is 1. The topological polar surface area (TPSA) is 293 Å². The van der Waals surface area contributed by atoms with Crippen LogP contribution in [0.4, 0.5) is 4.79 Å². The van der Waals surface area contributed by atoms with Crippen LogP contribution in [-0.2, 0) is 67.2 Å². The van der Waals surface area contributed by atoms with Crippen molar-refractivity contribution in [3.8, 4) is 0 Å². The fourth-order valence-corrected chi connectivity index (χ4v) is 9.41. The van der Waals surface area contributed by atoms with Gasteiger partial charge in [-0.2, -0.15) is 11.8 Å². The summed E-state index contributed by atoms with van der Waals surface area (Å²) in [7, 11) is 3.40. The highest BCUT2D eigenvalue weighted by Crippen LogP contribution is 2.33. The van der Waals surface area contributed by atoms with Gasteiger partial charge in [0, 0.05) is 121 Å². The second-order valence-corrected chi connectivity index (χ2v) is 22.1. The molecule has 11 amide bonds. The van der Waals surface area contributed by atoms with Gasteiger partial charge < -0.3 is 35.4 Å². The smallest absolute Gasteiger partial charge is 0.333 e. The third-order valence-corrected chi connectivity index (χ3v) is 13.4. The van der Waals surface area contributed by atoms with Crippen LogP contribution in [0.25, 0.3) is 0 Å². The molecule has 0 saturated carbocycles. The number of fused-ring (bicyclic) bond motifs is 1. The number of nitrogens with zero attached hydrogens (tertiary/aromatic N) is 5. The van der Waals surface area contributed by atoms with E-state index in [1.54, 1.807) is 23.9 Å². The Kier molecular flexibility index (Phi) is 32.9. The van der Waals surface area contributed by atoms with E-state index >= 15 is 0 Å². The van der Waals surface area contributed by atoms with Crippen LogP contribution in [-0.4, -0.2) is 165 Å². The molecule has 0 radical (unpaired) electrons. The molecule has 24 heteroatoms. The summed E-state index contributed by atoms with van der Waals surface area (Å²) in [4.78, 5) is 162. The molecule has 5 aliphatic heterocycles. The lowest BCUT2D eigenvalue weighted by molar-refractivity contribution is -0.197. The number of hydrogen-bond acceptors (Lipinski definition) is 16. The third-order valence-electron chi connectivity index (χ3n) is 11.9. The van der Waals surface area contributed by atoms with Crippen molar-refractivity contribution in [2.24, 2.45) is 23.7 Å². The number of amides is 11. The van der Waals surface area contributed by atoms with Crippen LogP contribution in [0.3, 0.4) is 0 Å². The zero-order chi connectivity index (χ0) is 59.2. The highest BCUT2D eigenvalue weighted by molar-refractivity contribution is 8.00. The number of hydrogen-bond donors (Lipinski definition) is 3. The van der Waals surface area contributed by atoms with Crippen molar-refractivity contribution in [1.82, 2.24) is 40.8 Å². The number of rotatable bonds is 25. The first-order chi connectivity index (χ1) is 36.7. The zero-order valence-corrected chi connectivity index (χ0v) is 48.9. The van der Waals surface area contributed by atoms with Crippen molar-refractivity contribution in [1.29, 1.82) is 0 Å². The summed E-state index contributed by atoms with van der Waals surface area (Å²) < 4.78 is 0. The number of unbranched alkanes of at least 4 members (excludes halogenated alkanes) is 1. The quantitative estimate of drug-likeness (QED) is 0.0629. The lowest BCUT2D eigenvalue weighted by Gasteiger charge is -2.20. The van der Waals surface area contributed by atoms with E-state index in [4.69, 9.17) is 0 Å². The number of carbonyl (C=O) groups is 13. The van der Waals surface area contributed by atoms with Crippen LogP contribution in [0.1, 0.15) is 166 Å². The van der Waals surface area contributed by atoms with Crippen molar-refractivity contribution in [2.45, 2.75) is 183 Å². The highest BCUT2D eigenvalue weighted by atomic mass is 32.2. The Morgan fingerprint density at radius 3 is 1.55 bits per heavy atom. The van der Waals surface area contributed by atoms with Gasteiger partial charge in [-0.15, -0.1) is 10.1 Å². The summed E-state index contributed by atoms with van der Waals surface area (Å²) in [5.74, 6) is -1.65. The van der Waals surface area contributed by atoms with E-state index in [0.29, 0.717) is 76.5 Å². The fourth-order valence-electron chi connectivity index (χ4n) is 7.87. The third kappa shape index (κ3) is 27.4. The molecule has 78 heavy (non-hydrogen) atoms. The molecule has 0 unspecified atom stereocenters. The van der Waals surface area contributed by atoms with Crippen LogP contribution in [0, 0.1) is 23.7 Å². The van der Waals surface area contributed by atoms with Gasteiger partial charge in [-0.05, 0) is 42.9 Å². The average molecular weight is 1120 g/mol. The molecule has 3 N–H and O–H groups in total. The van der Waals surface area contributed by atoms with Crippen LogP contribution >= 0.6 is 11.8 Å². The number of ketones is 1. The zero-order valence-electron chi connectivity index (χ0n) is 48.1. The number of urea groups is 1. The number of imide groups is 3. The van der Waals surface area contributed by atoms with Crippen molar-refractivity contribution in [2.75, 3.05) is 46.0 Å². The molecule has 0 aromatic carbocycles. The molecule has 4 saturated heterocycles. The largest absolute Gasteiger partial charge is 0.356 e. The van der Waals surface area contributed by atoms with Gasteiger partial charge in [0.1, 0.15) is 5.78 Å². The molecule has 440 valence electrons. The average Bonchev–Trinajstić information content (AvgIpc) is 4.18. The van der Waals surface area contributed by atoms with Crippen LogP contribution < -0.4 is 16.0 Å². The number of Topliss-reactive ketones (excluding diaryl/α,β-unsaturated/α-hetero) is 1. The molecular weight excluding hydrogens is 1030 g/mol. The van der Waals surface area contributed by atoms with Gasteiger partial charge in [-0.1, -0.05) is 75.7 Å². The first-order valence-corrected chi connectivity index (χ1v) is 28.3. The number of carbonyl (C=O) groups excluding carboxylic acids is 13. The number of nitrogens with one attached hydrogen (secondary N) is 3. The summed E-state index contributed by atoms with van der Waals surface area (Å²) in [5.41, 5.74) is 0. The Bertz CT molecular complexity index is 2070. The van der Waals surface area contributed by atoms with Gasteiger partial charge in [0.05, 0.1) is 24.9 Å². The monoisotopic (exact) mass is 1120 g/mol. The van der Waals surface area contributed by atoms with Gasteiger partial charge in [0.15, 0.2) is 0 Å². The van der Waals surface area contributed by atoms with Crippen molar-refractivity contribution < 1.29 is 72.0 Å². The summed E-state index contributed by atoms with van der Waals surface area (Å²) in [6, 6.07) is 0.587. The second kappa shape index (κ2) is 36.8. The maximum atomic E-state index is 11.7. The summed E-state index contributed by atoms with van der Waals surface area (Å²) in [6.07, 6.45) is 8.17. The van der Waals surface area contributed by atoms with E-state index in [0.717, 1.165) is 49.2 Å². The van der Waals surface area contributed by atoms with Crippen molar-refractivity contribution >= 4 is 88.7 Å². The second-order valence-electron chi connectivity index (χ2n) is 20.9. The number of hydroxylamine groups is 4. The Balaban J connectivity index is 0.000000515. The van der Waals surface area contributed by atoms with Gasteiger partial charge in [-0.25, -0.2) is 14.4 Å². The molecule has 0 aromatic heterocycles. The standard InChI is InChI=1S/C15H26N2O2S.C13H20N2O5.C12H18N2O5.C12H18N2O3.C2H6/c1-10(2)7-8-11(18)5-3-4-6-13-14-12(9-20-13)16-15(19)17-14;1-9(2)8-14(3)10(16)6-7-13(19)20-15-11(17)4-5-12(15)18;1-8(2)7-13-9(15)3-6-12(18)19-14-10(16)4-5-11(14)17;1-9(2)8-13(3)10(15)6-7-14-11(16)4-5-12(14)17;1-2/h10,12-14H,3-9H2,1-2H3,(H2,16,17,19);9H,4-8H2,1-3H3;8H,3-7H2,1-2H3,(H,13,15);4-5,9H,6-8H2,1-3H3;1-2H3/t12-,13-,14-;;;;/m0..../s1. The predicted molar refractivity (Wildman–Crippen MR) is 290 cm³/mol. The summed E-state index contributed by atoms with van der Waals surface area (Å²) in [5, 5.41) is 10.1. The van der Waals surface area contributed by atoms with E-state index in [2.05, 4.69) is 39.5 Å². The van der Waals surface area contributed by atoms with Crippen LogP contribution in [0.2, 0.25) is 0 Å². The van der Waals surface area contributed by atoms with Gasteiger partial charge >= 0.3 is 18.0 Å². The Hall–Kier alpha value is -6.20. The van der Waals surface area contributed by atoms with Gasteiger partial charge in [0.2, 0.25) is 17.7 Å². The van der Waals surface area contributed by atoms with Gasteiger partial charge in [-0.3, -0.25) is 52.8 Å². The Labute approximate surface area is 464 Å². The van der Waals surface area contributed by atoms with E-state index < -0.39 is 35.6 Å². The lowest BCUT2D eigenvalue weighted by Crippen LogP contribution is -2.36. The predicted octanol–water partition coefficient (Wildman–Crippen LogP) is 4.79. The first kappa shape index (κ1) is 69.8.